The van der Waals surface area contributed by atoms with Crippen LogP contribution in [-0.2, 0) is 11.3 Å². The summed E-state index contributed by atoms with van der Waals surface area (Å²) in [6.07, 6.45) is -0.176. The molecule has 0 fully saturated rings. The fourth-order valence-corrected chi connectivity index (χ4v) is 4.44. The molecule has 2 aromatic carbocycles. The summed E-state index contributed by atoms with van der Waals surface area (Å²) < 4.78 is 7.52. The second-order valence-corrected chi connectivity index (χ2v) is 7.93. The first kappa shape index (κ1) is 19.4. The van der Waals surface area contributed by atoms with Crippen molar-refractivity contribution in [2.45, 2.75) is 19.6 Å². The molecule has 0 radical (unpaired) electrons. The fraction of sp³-hybridized carbons (Fsp3) is 0.217. The van der Waals surface area contributed by atoms with Gasteiger partial charge in [0.2, 0.25) is 0 Å². The van der Waals surface area contributed by atoms with Crippen molar-refractivity contribution in [1.29, 1.82) is 0 Å². The number of benzene rings is 2. The zero-order valence-corrected chi connectivity index (χ0v) is 17.3. The zero-order valence-electron chi connectivity index (χ0n) is 16.5. The fourth-order valence-electron chi connectivity index (χ4n) is 3.37. The molecule has 0 saturated heterocycles. The van der Waals surface area contributed by atoms with Crippen LogP contribution in [0, 0.1) is 6.92 Å². The van der Waals surface area contributed by atoms with Gasteiger partial charge in [0.15, 0.2) is 0 Å². The number of methoxy groups -OCH3 is 1. The van der Waals surface area contributed by atoms with Crippen LogP contribution in [0.1, 0.15) is 32.6 Å². The molecule has 29 heavy (non-hydrogen) atoms. The average molecular weight is 406 g/mol. The van der Waals surface area contributed by atoms with Crippen LogP contribution < -0.4 is 5.32 Å². The number of ether oxygens (including phenoxy) is 1. The molecule has 148 valence electrons. The summed E-state index contributed by atoms with van der Waals surface area (Å²) in [5.41, 5.74) is 3.16. The molecule has 0 bridgehead atoms. The molecular weight excluding hydrogens is 382 g/mol. The Labute approximate surface area is 173 Å². The SMILES string of the molecule is COC(CNC(=O)c1cc2c(C)nn(Cc3ccccc3)c2s1)c1ccccc1. The van der Waals surface area contributed by atoms with Crippen molar-refractivity contribution >= 4 is 27.5 Å². The molecule has 0 spiro atoms. The van der Waals surface area contributed by atoms with Crippen molar-refractivity contribution in [3.05, 3.63) is 88.4 Å². The smallest absolute Gasteiger partial charge is 0.261 e. The first-order chi connectivity index (χ1) is 14.2. The zero-order chi connectivity index (χ0) is 20.2. The Hall–Kier alpha value is -2.96. The van der Waals surface area contributed by atoms with E-state index >= 15 is 0 Å². The number of hydrogen-bond donors (Lipinski definition) is 1. The van der Waals surface area contributed by atoms with Gasteiger partial charge in [-0.2, -0.15) is 5.10 Å². The Morgan fingerprint density at radius 1 is 1.14 bits per heavy atom. The minimum atomic E-state index is -0.176. The predicted molar refractivity (Wildman–Crippen MR) is 116 cm³/mol. The minimum Gasteiger partial charge on any atom is -0.375 e. The highest BCUT2D eigenvalue weighted by Crippen LogP contribution is 2.29. The van der Waals surface area contributed by atoms with E-state index in [1.807, 2.05) is 66.2 Å². The lowest BCUT2D eigenvalue weighted by atomic mass is 10.1. The highest BCUT2D eigenvalue weighted by molar-refractivity contribution is 7.20. The van der Waals surface area contributed by atoms with Crippen LogP contribution in [0.4, 0.5) is 0 Å². The standard InChI is InChI=1S/C23H23N3O2S/c1-16-19-13-21(22(27)24-14-20(28-2)18-11-7-4-8-12-18)29-23(19)26(25-16)15-17-9-5-3-6-10-17/h3-13,20H,14-15H2,1-2H3,(H,24,27). The van der Waals surface area contributed by atoms with Gasteiger partial charge in [0.1, 0.15) is 4.83 Å². The van der Waals surface area contributed by atoms with Crippen LogP contribution in [0.3, 0.4) is 0 Å². The number of hydrogen-bond acceptors (Lipinski definition) is 4. The van der Waals surface area contributed by atoms with Crippen molar-refractivity contribution < 1.29 is 9.53 Å². The number of carbonyl (C=O) groups is 1. The predicted octanol–water partition coefficient (Wildman–Crippen LogP) is 4.57. The van der Waals surface area contributed by atoms with E-state index in [1.54, 1.807) is 7.11 Å². The molecule has 1 amide bonds. The molecule has 2 heterocycles. The van der Waals surface area contributed by atoms with Crippen LogP contribution in [0.15, 0.2) is 66.7 Å². The van der Waals surface area contributed by atoms with Gasteiger partial charge < -0.3 is 10.1 Å². The van der Waals surface area contributed by atoms with Crippen molar-refractivity contribution in [3.63, 3.8) is 0 Å². The molecule has 1 N–H and O–H groups in total. The normalized spacial score (nSPS) is 12.2. The summed E-state index contributed by atoms with van der Waals surface area (Å²) >= 11 is 1.47. The minimum absolute atomic E-state index is 0.0881. The van der Waals surface area contributed by atoms with Crippen molar-refractivity contribution in [2.24, 2.45) is 0 Å². The van der Waals surface area contributed by atoms with Gasteiger partial charge in [-0.1, -0.05) is 60.7 Å². The quantitative estimate of drug-likeness (QED) is 0.490. The van der Waals surface area contributed by atoms with Gasteiger partial charge in [-0.15, -0.1) is 11.3 Å². The molecule has 5 nitrogen and oxygen atoms in total. The van der Waals surface area contributed by atoms with E-state index in [2.05, 4.69) is 22.5 Å². The van der Waals surface area contributed by atoms with E-state index in [-0.39, 0.29) is 12.0 Å². The van der Waals surface area contributed by atoms with E-state index < -0.39 is 0 Å². The third-order valence-electron chi connectivity index (χ3n) is 4.91. The Morgan fingerprint density at radius 3 is 2.52 bits per heavy atom. The van der Waals surface area contributed by atoms with E-state index in [1.165, 1.54) is 16.9 Å². The van der Waals surface area contributed by atoms with Crippen molar-refractivity contribution in [1.82, 2.24) is 15.1 Å². The maximum atomic E-state index is 12.8. The van der Waals surface area contributed by atoms with E-state index in [4.69, 9.17) is 4.74 Å². The Balaban J connectivity index is 1.50. The molecule has 4 aromatic rings. The molecule has 0 aliphatic carbocycles. The summed E-state index contributed by atoms with van der Waals surface area (Å²) in [6, 6.07) is 22.1. The molecule has 0 saturated carbocycles. The lowest BCUT2D eigenvalue weighted by Gasteiger charge is -2.16. The van der Waals surface area contributed by atoms with Gasteiger partial charge in [0, 0.05) is 19.0 Å². The second-order valence-electron chi connectivity index (χ2n) is 6.90. The third-order valence-corrected chi connectivity index (χ3v) is 6.06. The molecular formula is C23H23N3O2S. The number of carbonyl (C=O) groups excluding carboxylic acids is 1. The topological polar surface area (TPSA) is 56.1 Å². The lowest BCUT2D eigenvalue weighted by molar-refractivity contribution is 0.0831. The summed E-state index contributed by atoms with van der Waals surface area (Å²) in [5.74, 6) is -0.0881. The summed E-state index contributed by atoms with van der Waals surface area (Å²) in [5, 5.41) is 8.68. The monoisotopic (exact) mass is 405 g/mol. The average Bonchev–Trinajstić information content (AvgIpc) is 3.31. The van der Waals surface area contributed by atoms with Crippen molar-refractivity contribution in [3.8, 4) is 0 Å². The first-order valence-corrected chi connectivity index (χ1v) is 10.3. The third kappa shape index (κ3) is 4.23. The van der Waals surface area contributed by atoms with Gasteiger partial charge in [-0.3, -0.25) is 9.48 Å². The Morgan fingerprint density at radius 2 is 1.83 bits per heavy atom. The number of amides is 1. The number of aromatic nitrogens is 2. The summed E-state index contributed by atoms with van der Waals surface area (Å²) in [4.78, 5) is 14.5. The second kappa shape index (κ2) is 8.59. The molecule has 0 aliphatic rings. The van der Waals surface area contributed by atoms with E-state index in [0.717, 1.165) is 21.5 Å². The van der Waals surface area contributed by atoms with Crippen LogP contribution in [0.5, 0.6) is 0 Å². The van der Waals surface area contributed by atoms with Gasteiger partial charge in [-0.05, 0) is 24.1 Å². The Kier molecular flexibility index (Phi) is 5.74. The lowest BCUT2D eigenvalue weighted by Crippen LogP contribution is -2.28. The number of thiophene rings is 1. The summed E-state index contributed by atoms with van der Waals surface area (Å²) in [7, 11) is 1.66. The van der Waals surface area contributed by atoms with Crippen LogP contribution in [0.2, 0.25) is 0 Å². The molecule has 0 aliphatic heterocycles. The number of nitrogens with zero attached hydrogens (tertiary/aromatic N) is 2. The van der Waals surface area contributed by atoms with Crippen LogP contribution in [0.25, 0.3) is 10.2 Å². The summed E-state index contributed by atoms with van der Waals surface area (Å²) in [6.45, 7) is 3.09. The highest BCUT2D eigenvalue weighted by Gasteiger charge is 2.18. The first-order valence-electron chi connectivity index (χ1n) is 9.52. The number of fused-ring (bicyclic) bond motifs is 1. The van der Waals surface area contributed by atoms with Crippen LogP contribution >= 0.6 is 11.3 Å². The van der Waals surface area contributed by atoms with Gasteiger partial charge in [-0.25, -0.2) is 0 Å². The highest BCUT2D eigenvalue weighted by atomic mass is 32.1. The van der Waals surface area contributed by atoms with Gasteiger partial charge in [0.25, 0.3) is 5.91 Å². The van der Waals surface area contributed by atoms with Gasteiger partial charge >= 0.3 is 0 Å². The van der Waals surface area contributed by atoms with Crippen LogP contribution in [-0.4, -0.2) is 29.3 Å². The molecule has 6 heteroatoms. The number of nitrogens with one attached hydrogen (secondary N) is 1. The number of aryl methyl sites for hydroxylation is 1. The van der Waals surface area contributed by atoms with Gasteiger partial charge in [0.05, 0.1) is 23.2 Å². The van der Waals surface area contributed by atoms with E-state index in [0.29, 0.717) is 18.0 Å². The molecule has 4 rings (SSSR count). The largest absolute Gasteiger partial charge is 0.375 e. The number of rotatable bonds is 7. The molecule has 1 atom stereocenters. The maximum Gasteiger partial charge on any atom is 0.261 e. The van der Waals surface area contributed by atoms with Crippen molar-refractivity contribution in [2.75, 3.05) is 13.7 Å². The molecule has 2 aromatic heterocycles. The maximum absolute atomic E-state index is 12.8. The Bertz CT molecular complexity index is 1100. The van der Waals surface area contributed by atoms with E-state index in [9.17, 15) is 4.79 Å². The molecule has 1 unspecified atom stereocenters.